The van der Waals surface area contributed by atoms with Gasteiger partial charge in [-0.1, -0.05) is 36.4 Å². The van der Waals surface area contributed by atoms with Crippen LogP contribution in [0.15, 0.2) is 54.6 Å². The van der Waals surface area contributed by atoms with E-state index in [4.69, 9.17) is 0 Å². The third kappa shape index (κ3) is 4.49. The number of para-hydroxylation sites is 1. The molecule has 1 saturated heterocycles. The highest BCUT2D eigenvalue weighted by molar-refractivity contribution is 7.19. The molecule has 144 valence electrons. The van der Waals surface area contributed by atoms with Crippen LogP contribution in [0.4, 0.5) is 0 Å². The van der Waals surface area contributed by atoms with Gasteiger partial charge < -0.3 is 4.90 Å². The van der Waals surface area contributed by atoms with Crippen molar-refractivity contribution in [3.05, 3.63) is 70.7 Å². The zero-order valence-corrected chi connectivity index (χ0v) is 17.0. The first kappa shape index (κ1) is 18.8. The third-order valence-electron chi connectivity index (χ3n) is 5.23. The van der Waals surface area contributed by atoms with Crippen LogP contribution in [0.2, 0.25) is 0 Å². The number of amides is 1. The van der Waals surface area contributed by atoms with Crippen LogP contribution in [-0.2, 0) is 11.3 Å². The number of benzene rings is 2. The number of hydrogen-bond acceptors (Lipinski definition) is 4. The predicted molar refractivity (Wildman–Crippen MR) is 116 cm³/mol. The smallest absolute Gasteiger partial charge is 0.246 e. The van der Waals surface area contributed by atoms with Crippen LogP contribution in [0.5, 0.6) is 0 Å². The number of hydrogen-bond donors (Lipinski definition) is 0. The van der Waals surface area contributed by atoms with Crippen LogP contribution in [-0.4, -0.2) is 46.9 Å². The molecule has 0 atom stereocenters. The van der Waals surface area contributed by atoms with Gasteiger partial charge >= 0.3 is 0 Å². The summed E-state index contributed by atoms with van der Waals surface area (Å²) in [5, 5.41) is 0.880. The van der Waals surface area contributed by atoms with Crippen molar-refractivity contribution in [3.8, 4) is 0 Å². The number of thiazole rings is 1. The van der Waals surface area contributed by atoms with Crippen molar-refractivity contribution < 1.29 is 4.79 Å². The van der Waals surface area contributed by atoms with Crippen LogP contribution < -0.4 is 0 Å². The minimum atomic E-state index is 0.0806. The average Bonchev–Trinajstić information content (AvgIpc) is 2.98. The molecule has 0 spiro atoms. The van der Waals surface area contributed by atoms with Gasteiger partial charge in [-0.2, -0.15) is 0 Å². The van der Waals surface area contributed by atoms with E-state index in [1.165, 1.54) is 11.1 Å². The molecule has 2 aromatic carbocycles. The van der Waals surface area contributed by atoms with Crippen LogP contribution in [0, 0.1) is 6.92 Å². The number of fused-ring (bicyclic) bond motifs is 1. The first-order valence-corrected chi connectivity index (χ1v) is 10.6. The number of aryl methyl sites for hydroxylation is 1. The normalized spacial score (nSPS) is 16.0. The Bertz CT molecular complexity index is 961. The second-order valence-electron chi connectivity index (χ2n) is 7.23. The summed E-state index contributed by atoms with van der Waals surface area (Å²) >= 11 is 1.62. The average molecular weight is 392 g/mol. The second-order valence-corrected chi connectivity index (χ2v) is 8.30. The van der Waals surface area contributed by atoms with E-state index in [9.17, 15) is 4.79 Å². The molecular formula is C23H25N3OS. The van der Waals surface area contributed by atoms with E-state index in [1.807, 2.05) is 29.2 Å². The highest BCUT2D eigenvalue weighted by Gasteiger charge is 2.18. The molecule has 1 fully saturated rings. The molecule has 0 N–H and O–H groups in total. The topological polar surface area (TPSA) is 36.4 Å². The zero-order chi connectivity index (χ0) is 19.3. The molecule has 0 saturated carbocycles. The van der Waals surface area contributed by atoms with Crippen LogP contribution in [0.1, 0.15) is 22.6 Å². The Morgan fingerprint density at radius 1 is 1.07 bits per heavy atom. The fraction of sp³-hybridized carbons (Fsp3) is 0.304. The van der Waals surface area contributed by atoms with Crippen molar-refractivity contribution in [2.24, 2.45) is 0 Å². The minimum Gasteiger partial charge on any atom is -0.338 e. The lowest BCUT2D eigenvalue weighted by Gasteiger charge is -2.22. The first-order chi connectivity index (χ1) is 13.7. The molecule has 1 amide bonds. The Labute approximate surface area is 170 Å². The lowest BCUT2D eigenvalue weighted by molar-refractivity contribution is -0.125. The highest BCUT2D eigenvalue weighted by atomic mass is 32.1. The van der Waals surface area contributed by atoms with Crippen molar-refractivity contribution >= 4 is 33.5 Å². The molecule has 0 radical (unpaired) electrons. The number of carbonyl (C=O) groups is 1. The van der Waals surface area contributed by atoms with Crippen molar-refractivity contribution in [2.45, 2.75) is 19.9 Å². The number of aromatic nitrogens is 1. The SMILES string of the molecule is Cc1ccccc1CN1CCCN(C(=O)/C=C/c2nc3ccccc3s2)CC1. The number of carbonyl (C=O) groups excluding carboxylic acids is 1. The van der Waals surface area contributed by atoms with Crippen molar-refractivity contribution in [2.75, 3.05) is 26.2 Å². The number of rotatable bonds is 4. The monoisotopic (exact) mass is 391 g/mol. The maximum atomic E-state index is 12.7. The molecule has 4 rings (SSSR count). The van der Waals surface area contributed by atoms with Gasteiger partial charge in [0.1, 0.15) is 5.01 Å². The van der Waals surface area contributed by atoms with E-state index in [2.05, 4.69) is 47.1 Å². The van der Waals surface area contributed by atoms with Crippen LogP contribution >= 0.6 is 11.3 Å². The van der Waals surface area contributed by atoms with Crippen LogP contribution in [0.25, 0.3) is 16.3 Å². The molecule has 0 unspecified atom stereocenters. The first-order valence-electron chi connectivity index (χ1n) is 9.78. The van der Waals surface area contributed by atoms with Gasteiger partial charge in [-0.05, 0) is 42.7 Å². The molecule has 0 bridgehead atoms. The van der Waals surface area contributed by atoms with E-state index in [0.29, 0.717) is 0 Å². The molecule has 3 aromatic rings. The number of nitrogens with zero attached hydrogens (tertiary/aromatic N) is 3. The largest absolute Gasteiger partial charge is 0.338 e. The second kappa shape index (κ2) is 8.67. The van der Waals surface area contributed by atoms with Crippen molar-refractivity contribution in [1.82, 2.24) is 14.8 Å². The van der Waals surface area contributed by atoms with Gasteiger partial charge in [0.25, 0.3) is 0 Å². The fourth-order valence-corrected chi connectivity index (χ4v) is 4.46. The van der Waals surface area contributed by atoms with Gasteiger partial charge in [0, 0.05) is 38.8 Å². The van der Waals surface area contributed by atoms with Crippen LogP contribution in [0.3, 0.4) is 0 Å². The standard InChI is InChI=1S/C23H25N3OS/c1-18-7-2-3-8-19(18)17-25-13-6-14-26(16-15-25)23(27)12-11-22-24-20-9-4-5-10-21(20)28-22/h2-5,7-12H,6,13-17H2,1H3/b12-11+. The van der Waals surface area contributed by atoms with Gasteiger partial charge in [-0.15, -0.1) is 11.3 Å². The van der Waals surface area contributed by atoms with Crippen molar-refractivity contribution in [1.29, 1.82) is 0 Å². The van der Waals surface area contributed by atoms with E-state index in [0.717, 1.165) is 54.4 Å². The van der Waals surface area contributed by atoms with E-state index in [1.54, 1.807) is 17.4 Å². The Morgan fingerprint density at radius 3 is 2.75 bits per heavy atom. The molecule has 2 heterocycles. The van der Waals surface area contributed by atoms with E-state index >= 15 is 0 Å². The maximum absolute atomic E-state index is 12.7. The van der Waals surface area contributed by atoms with Gasteiger partial charge in [0.05, 0.1) is 10.2 Å². The summed E-state index contributed by atoms with van der Waals surface area (Å²) in [5.41, 5.74) is 3.69. The van der Waals surface area contributed by atoms with Crippen molar-refractivity contribution in [3.63, 3.8) is 0 Å². The summed E-state index contributed by atoms with van der Waals surface area (Å²) in [6.45, 7) is 6.64. The summed E-state index contributed by atoms with van der Waals surface area (Å²) in [6.07, 6.45) is 4.53. The molecule has 28 heavy (non-hydrogen) atoms. The van der Waals surface area contributed by atoms with E-state index in [-0.39, 0.29) is 5.91 Å². The summed E-state index contributed by atoms with van der Waals surface area (Å²) in [5.74, 6) is 0.0806. The maximum Gasteiger partial charge on any atom is 0.246 e. The van der Waals surface area contributed by atoms with Gasteiger partial charge in [-0.3, -0.25) is 9.69 Å². The summed E-state index contributed by atoms with van der Waals surface area (Å²) in [7, 11) is 0. The minimum absolute atomic E-state index is 0.0806. The summed E-state index contributed by atoms with van der Waals surface area (Å²) < 4.78 is 1.15. The Hall–Kier alpha value is -2.50. The molecule has 5 heteroatoms. The lowest BCUT2D eigenvalue weighted by Crippen LogP contribution is -2.34. The predicted octanol–water partition coefficient (Wildman–Crippen LogP) is 4.35. The van der Waals surface area contributed by atoms with E-state index < -0.39 is 0 Å². The molecule has 4 nitrogen and oxygen atoms in total. The highest BCUT2D eigenvalue weighted by Crippen LogP contribution is 2.22. The Kier molecular flexibility index (Phi) is 5.84. The zero-order valence-electron chi connectivity index (χ0n) is 16.2. The lowest BCUT2D eigenvalue weighted by atomic mass is 10.1. The molecular weight excluding hydrogens is 366 g/mol. The van der Waals surface area contributed by atoms with Gasteiger partial charge in [-0.25, -0.2) is 4.98 Å². The Balaban J connectivity index is 1.35. The van der Waals surface area contributed by atoms with Gasteiger partial charge in [0.15, 0.2) is 0 Å². The van der Waals surface area contributed by atoms with Gasteiger partial charge in [0.2, 0.25) is 5.91 Å². The summed E-state index contributed by atoms with van der Waals surface area (Å²) in [4.78, 5) is 21.6. The fourth-order valence-electron chi connectivity index (χ4n) is 3.59. The molecule has 1 aliphatic rings. The molecule has 1 aromatic heterocycles. The Morgan fingerprint density at radius 2 is 1.89 bits per heavy atom. The summed E-state index contributed by atoms with van der Waals surface area (Å²) in [6, 6.07) is 16.6. The quantitative estimate of drug-likeness (QED) is 0.620. The molecule has 1 aliphatic heterocycles. The molecule has 0 aliphatic carbocycles. The third-order valence-corrected chi connectivity index (χ3v) is 6.24.